The maximum atomic E-state index is 4.83. The second-order valence-electron chi connectivity index (χ2n) is 6.48. The van der Waals surface area contributed by atoms with Crippen LogP contribution in [0.4, 0.5) is 0 Å². The molecule has 0 aliphatic rings. The molecule has 25 heavy (non-hydrogen) atoms. The topological polar surface area (TPSA) is 43.1 Å². The molecule has 0 radical (unpaired) electrons. The van der Waals surface area contributed by atoms with Crippen molar-refractivity contribution in [3.8, 4) is 11.4 Å². The first-order valence-corrected chi connectivity index (χ1v) is 9.54. The third-order valence-electron chi connectivity index (χ3n) is 4.11. The lowest BCUT2D eigenvalue weighted by atomic mass is 10.2. The second-order valence-corrected chi connectivity index (χ2v) is 7.54. The Hall–Kier alpha value is -2.40. The molecule has 0 atom stereocenters. The van der Waals surface area contributed by atoms with E-state index in [4.69, 9.17) is 15.1 Å². The predicted octanol–water partition coefficient (Wildman–Crippen LogP) is 5.08. The van der Waals surface area contributed by atoms with Crippen LogP contribution in [-0.4, -0.2) is 25.3 Å². The Morgan fingerprint density at radius 1 is 0.960 bits per heavy atom. The van der Waals surface area contributed by atoms with E-state index in [1.807, 2.05) is 53.0 Å². The van der Waals surface area contributed by atoms with Crippen LogP contribution >= 0.6 is 11.8 Å². The maximum absolute atomic E-state index is 4.83. The molecule has 4 nitrogen and oxygen atoms in total. The van der Waals surface area contributed by atoms with Crippen molar-refractivity contribution in [3.05, 3.63) is 54.6 Å². The van der Waals surface area contributed by atoms with Gasteiger partial charge in [-0.05, 0) is 24.5 Å². The summed E-state index contributed by atoms with van der Waals surface area (Å²) >= 11 is 1.75. The van der Waals surface area contributed by atoms with Crippen LogP contribution in [0.3, 0.4) is 0 Å². The summed E-state index contributed by atoms with van der Waals surface area (Å²) in [6, 6.07) is 18.2. The van der Waals surface area contributed by atoms with E-state index in [1.54, 1.807) is 11.8 Å². The van der Waals surface area contributed by atoms with Crippen molar-refractivity contribution < 1.29 is 0 Å². The number of fused-ring (bicyclic) bond motifs is 3. The number of benzene rings is 2. The number of nitrogens with zero attached hydrogens (tertiary/aromatic N) is 4. The quantitative estimate of drug-likeness (QED) is 0.372. The van der Waals surface area contributed by atoms with Crippen LogP contribution in [0.1, 0.15) is 20.3 Å². The molecule has 0 fully saturated rings. The first-order chi connectivity index (χ1) is 12.2. The van der Waals surface area contributed by atoms with Crippen LogP contribution in [0, 0.1) is 5.92 Å². The lowest BCUT2D eigenvalue weighted by Crippen LogP contribution is -1.99. The van der Waals surface area contributed by atoms with Gasteiger partial charge in [0.15, 0.2) is 16.6 Å². The molecule has 4 rings (SSSR count). The van der Waals surface area contributed by atoms with E-state index >= 15 is 0 Å². The fourth-order valence-electron chi connectivity index (χ4n) is 2.72. The van der Waals surface area contributed by atoms with Crippen molar-refractivity contribution in [1.82, 2.24) is 19.6 Å². The highest BCUT2D eigenvalue weighted by atomic mass is 32.2. The SMILES string of the molecule is CC(C)CCSc1nc2ccccc2c2nc(-c3ccccc3)nn12. The van der Waals surface area contributed by atoms with E-state index in [0.717, 1.165) is 45.3 Å². The maximum Gasteiger partial charge on any atom is 0.191 e. The monoisotopic (exact) mass is 348 g/mol. The molecule has 5 heteroatoms. The summed E-state index contributed by atoms with van der Waals surface area (Å²) in [5.41, 5.74) is 2.86. The first kappa shape index (κ1) is 16.1. The molecule has 0 aliphatic heterocycles. The van der Waals surface area contributed by atoms with Crippen molar-refractivity contribution in [2.24, 2.45) is 5.92 Å². The molecule has 126 valence electrons. The molecule has 0 bridgehead atoms. The highest BCUT2D eigenvalue weighted by molar-refractivity contribution is 7.99. The second kappa shape index (κ2) is 6.84. The third kappa shape index (κ3) is 3.24. The van der Waals surface area contributed by atoms with Gasteiger partial charge in [0.05, 0.1) is 5.52 Å². The van der Waals surface area contributed by atoms with E-state index in [9.17, 15) is 0 Å². The Labute approximate surface area is 151 Å². The zero-order valence-electron chi connectivity index (χ0n) is 14.4. The molecular weight excluding hydrogens is 328 g/mol. The van der Waals surface area contributed by atoms with Crippen molar-refractivity contribution in [1.29, 1.82) is 0 Å². The molecule has 0 aliphatic carbocycles. The van der Waals surface area contributed by atoms with Crippen LogP contribution in [-0.2, 0) is 0 Å². The minimum atomic E-state index is 0.680. The van der Waals surface area contributed by atoms with Crippen LogP contribution in [0.15, 0.2) is 59.8 Å². The van der Waals surface area contributed by atoms with Crippen LogP contribution in [0.2, 0.25) is 0 Å². The summed E-state index contributed by atoms with van der Waals surface area (Å²) in [6.07, 6.45) is 1.15. The Bertz CT molecular complexity index is 1010. The molecular formula is C20H20N4S. The first-order valence-electron chi connectivity index (χ1n) is 8.56. The van der Waals surface area contributed by atoms with Gasteiger partial charge in [0.25, 0.3) is 0 Å². The summed E-state index contributed by atoms with van der Waals surface area (Å²) in [4.78, 5) is 9.64. The normalized spacial score (nSPS) is 11.6. The smallest absolute Gasteiger partial charge is 0.191 e. The highest BCUT2D eigenvalue weighted by Gasteiger charge is 2.14. The van der Waals surface area contributed by atoms with E-state index in [1.165, 1.54) is 0 Å². The minimum absolute atomic E-state index is 0.680. The Kier molecular flexibility index (Phi) is 4.40. The summed E-state index contributed by atoms with van der Waals surface area (Å²) < 4.78 is 1.90. The number of aromatic nitrogens is 4. The summed E-state index contributed by atoms with van der Waals surface area (Å²) in [7, 11) is 0. The number of thioether (sulfide) groups is 1. The predicted molar refractivity (Wildman–Crippen MR) is 104 cm³/mol. The van der Waals surface area contributed by atoms with E-state index in [2.05, 4.69) is 19.9 Å². The molecule has 2 aromatic carbocycles. The Morgan fingerprint density at radius 2 is 1.72 bits per heavy atom. The van der Waals surface area contributed by atoms with Gasteiger partial charge in [-0.3, -0.25) is 0 Å². The highest BCUT2D eigenvalue weighted by Crippen LogP contribution is 2.27. The fraction of sp³-hybridized carbons (Fsp3) is 0.250. The van der Waals surface area contributed by atoms with Crippen molar-refractivity contribution in [2.75, 3.05) is 5.75 Å². The van der Waals surface area contributed by atoms with Gasteiger partial charge in [-0.2, -0.15) is 4.52 Å². The lowest BCUT2D eigenvalue weighted by Gasteiger charge is -2.07. The zero-order valence-corrected chi connectivity index (χ0v) is 15.2. The van der Waals surface area contributed by atoms with Gasteiger partial charge >= 0.3 is 0 Å². The molecule has 0 saturated heterocycles. The average Bonchev–Trinajstić information content (AvgIpc) is 3.08. The summed E-state index contributed by atoms with van der Waals surface area (Å²) in [5, 5.41) is 6.69. The molecule has 2 aromatic heterocycles. The molecule has 4 aromatic rings. The molecule has 0 N–H and O–H groups in total. The molecule has 2 heterocycles. The lowest BCUT2D eigenvalue weighted by molar-refractivity contribution is 0.631. The minimum Gasteiger partial charge on any atom is -0.222 e. The van der Waals surface area contributed by atoms with E-state index < -0.39 is 0 Å². The molecule has 0 saturated carbocycles. The van der Waals surface area contributed by atoms with E-state index in [-0.39, 0.29) is 0 Å². The Balaban J connectivity index is 1.86. The fourth-order valence-corrected chi connectivity index (χ4v) is 3.90. The molecule has 0 unspecified atom stereocenters. The van der Waals surface area contributed by atoms with Gasteiger partial charge < -0.3 is 0 Å². The summed E-state index contributed by atoms with van der Waals surface area (Å²) in [5.74, 6) is 2.45. The van der Waals surface area contributed by atoms with Crippen molar-refractivity contribution in [3.63, 3.8) is 0 Å². The number of hydrogen-bond donors (Lipinski definition) is 0. The number of para-hydroxylation sites is 1. The Morgan fingerprint density at radius 3 is 2.52 bits per heavy atom. The number of rotatable bonds is 5. The van der Waals surface area contributed by atoms with E-state index in [0.29, 0.717) is 5.92 Å². The van der Waals surface area contributed by atoms with Gasteiger partial charge in [0, 0.05) is 16.7 Å². The van der Waals surface area contributed by atoms with Crippen molar-refractivity contribution in [2.45, 2.75) is 25.4 Å². The molecule has 0 amide bonds. The average molecular weight is 348 g/mol. The van der Waals surface area contributed by atoms with Crippen LogP contribution < -0.4 is 0 Å². The van der Waals surface area contributed by atoms with Gasteiger partial charge in [-0.25, -0.2) is 9.97 Å². The van der Waals surface area contributed by atoms with Gasteiger partial charge in [-0.15, -0.1) is 5.10 Å². The number of hydrogen-bond acceptors (Lipinski definition) is 4. The largest absolute Gasteiger partial charge is 0.222 e. The standard InChI is InChI=1S/C20H20N4S/c1-14(2)12-13-25-20-21-17-11-7-6-10-16(17)19-22-18(23-24(19)20)15-8-4-3-5-9-15/h3-11,14H,12-13H2,1-2H3. The van der Waals surface area contributed by atoms with Gasteiger partial charge in [-0.1, -0.05) is 68.1 Å². The molecule has 0 spiro atoms. The third-order valence-corrected chi connectivity index (χ3v) is 5.07. The zero-order chi connectivity index (χ0) is 17.2. The van der Waals surface area contributed by atoms with Crippen molar-refractivity contribution >= 4 is 28.3 Å². The summed E-state index contributed by atoms with van der Waals surface area (Å²) in [6.45, 7) is 4.49. The van der Waals surface area contributed by atoms with Crippen LogP contribution in [0.25, 0.3) is 27.9 Å². The van der Waals surface area contributed by atoms with Gasteiger partial charge in [0.2, 0.25) is 0 Å². The van der Waals surface area contributed by atoms with Gasteiger partial charge in [0.1, 0.15) is 0 Å². The van der Waals surface area contributed by atoms with Crippen LogP contribution in [0.5, 0.6) is 0 Å².